The normalized spacial score (nSPS) is 15.3. The van der Waals surface area contributed by atoms with Gasteiger partial charge in [-0.1, -0.05) is 17.7 Å². The monoisotopic (exact) mass is 416 g/mol. The smallest absolute Gasteiger partial charge is 0.333 e. The molecule has 2 aromatic carbocycles. The molecule has 144 valence electrons. The van der Waals surface area contributed by atoms with Crippen LogP contribution in [0.5, 0.6) is 0 Å². The largest absolute Gasteiger partial charge is 0.358 e. The van der Waals surface area contributed by atoms with Crippen molar-refractivity contribution in [2.75, 3.05) is 4.90 Å². The maximum atomic E-state index is 14.4. The minimum atomic E-state index is -1.33. The second kappa shape index (κ2) is 6.68. The number of hydrogen-bond donors (Lipinski definition) is 2. The SMILES string of the molecule is N#Cc1c(F)ccc(N2C(=O)NC(=Cc3c[nH]c4c(F)c(Cl)ccc34)C2=O)c1F. The molecule has 3 amide bonds. The van der Waals surface area contributed by atoms with Crippen LogP contribution >= 0.6 is 11.6 Å². The molecule has 0 radical (unpaired) electrons. The third-order valence-corrected chi connectivity index (χ3v) is 4.67. The van der Waals surface area contributed by atoms with Crippen LogP contribution < -0.4 is 10.2 Å². The Hall–Kier alpha value is -3.77. The molecule has 0 bridgehead atoms. The van der Waals surface area contributed by atoms with Gasteiger partial charge in [-0.25, -0.2) is 22.9 Å². The summed E-state index contributed by atoms with van der Waals surface area (Å²) in [4.78, 5) is 28.1. The summed E-state index contributed by atoms with van der Waals surface area (Å²) >= 11 is 5.73. The molecule has 2 heterocycles. The van der Waals surface area contributed by atoms with E-state index >= 15 is 0 Å². The van der Waals surface area contributed by atoms with E-state index in [1.54, 1.807) is 0 Å². The van der Waals surface area contributed by atoms with Crippen LogP contribution in [0.25, 0.3) is 17.0 Å². The van der Waals surface area contributed by atoms with Crippen LogP contribution in [0, 0.1) is 28.8 Å². The molecule has 2 N–H and O–H groups in total. The number of aromatic amines is 1. The predicted octanol–water partition coefficient (Wildman–Crippen LogP) is 4.21. The fourth-order valence-corrected chi connectivity index (χ4v) is 3.16. The summed E-state index contributed by atoms with van der Waals surface area (Å²) in [6.45, 7) is 0. The summed E-state index contributed by atoms with van der Waals surface area (Å²) in [5.41, 5.74) is -1.21. The number of benzene rings is 2. The van der Waals surface area contributed by atoms with Gasteiger partial charge in [0.15, 0.2) is 11.6 Å². The van der Waals surface area contributed by atoms with Crippen molar-refractivity contribution in [3.63, 3.8) is 0 Å². The second-order valence-corrected chi connectivity index (χ2v) is 6.43. The van der Waals surface area contributed by atoms with Gasteiger partial charge in [0, 0.05) is 17.1 Å². The number of hydrogen-bond acceptors (Lipinski definition) is 3. The van der Waals surface area contributed by atoms with E-state index in [-0.39, 0.29) is 16.2 Å². The van der Waals surface area contributed by atoms with Crippen LogP contribution in [0.1, 0.15) is 11.1 Å². The number of fused-ring (bicyclic) bond motifs is 1. The zero-order valence-electron chi connectivity index (χ0n) is 14.2. The number of H-pyrrole nitrogens is 1. The summed E-state index contributed by atoms with van der Waals surface area (Å²) < 4.78 is 42.0. The number of nitrogens with one attached hydrogen (secondary N) is 2. The van der Waals surface area contributed by atoms with E-state index in [9.17, 15) is 22.8 Å². The highest BCUT2D eigenvalue weighted by Gasteiger charge is 2.37. The Morgan fingerprint density at radius 1 is 1.10 bits per heavy atom. The number of carbonyl (C=O) groups is 2. The number of aromatic nitrogens is 1. The van der Waals surface area contributed by atoms with E-state index in [0.29, 0.717) is 15.8 Å². The zero-order valence-corrected chi connectivity index (χ0v) is 14.9. The van der Waals surface area contributed by atoms with Gasteiger partial charge >= 0.3 is 6.03 Å². The van der Waals surface area contributed by atoms with Crippen molar-refractivity contribution in [2.24, 2.45) is 0 Å². The van der Waals surface area contributed by atoms with Crippen LogP contribution in [0.3, 0.4) is 0 Å². The van der Waals surface area contributed by atoms with E-state index in [2.05, 4.69) is 10.3 Å². The first-order valence-corrected chi connectivity index (χ1v) is 8.41. The maximum absolute atomic E-state index is 14.4. The van der Waals surface area contributed by atoms with Crippen LogP contribution in [-0.4, -0.2) is 16.9 Å². The van der Waals surface area contributed by atoms with Crippen molar-refractivity contribution >= 4 is 46.2 Å². The standard InChI is InChI=1S/C19H8ClF3N4O2/c20-11-2-1-9-8(7-25-17(9)16(11)23)5-13-18(28)27(19(29)26-13)14-4-3-12(21)10(6-24)15(14)22/h1-5,7,25H,(H,26,29). The fourth-order valence-electron chi connectivity index (χ4n) is 3.01. The molecular formula is C19H8ClF3N4O2. The number of nitrogens with zero attached hydrogens (tertiary/aromatic N) is 2. The van der Waals surface area contributed by atoms with Gasteiger partial charge in [0.05, 0.1) is 16.2 Å². The summed E-state index contributed by atoms with van der Waals surface area (Å²) in [6.07, 6.45) is 2.68. The summed E-state index contributed by atoms with van der Waals surface area (Å²) in [6, 6.07) is 4.91. The lowest BCUT2D eigenvalue weighted by molar-refractivity contribution is -0.113. The molecule has 10 heteroatoms. The molecule has 1 aliphatic heterocycles. The molecule has 6 nitrogen and oxygen atoms in total. The first kappa shape index (κ1) is 18.6. The Labute approximate surface area is 165 Å². The van der Waals surface area contributed by atoms with E-state index < -0.39 is 40.6 Å². The Bertz CT molecular complexity index is 1290. The fraction of sp³-hybridized carbons (Fsp3) is 0. The van der Waals surface area contributed by atoms with Crippen LogP contribution in [0.2, 0.25) is 5.02 Å². The molecule has 1 saturated heterocycles. The van der Waals surface area contributed by atoms with Crippen molar-refractivity contribution in [3.05, 3.63) is 69.8 Å². The van der Waals surface area contributed by atoms with Crippen molar-refractivity contribution in [3.8, 4) is 6.07 Å². The molecule has 1 aliphatic rings. The lowest BCUT2D eigenvalue weighted by Crippen LogP contribution is -2.31. The molecule has 0 aliphatic carbocycles. The zero-order chi connectivity index (χ0) is 20.9. The highest BCUT2D eigenvalue weighted by molar-refractivity contribution is 6.31. The Kier molecular flexibility index (Phi) is 4.28. The van der Waals surface area contributed by atoms with Gasteiger partial charge in [0.1, 0.15) is 23.1 Å². The topological polar surface area (TPSA) is 89.0 Å². The second-order valence-electron chi connectivity index (χ2n) is 6.02. The van der Waals surface area contributed by atoms with Gasteiger partial charge in [0.2, 0.25) is 0 Å². The third kappa shape index (κ3) is 2.81. The van der Waals surface area contributed by atoms with Gasteiger partial charge in [-0.15, -0.1) is 0 Å². The van der Waals surface area contributed by atoms with Crippen LogP contribution in [-0.2, 0) is 4.79 Å². The third-order valence-electron chi connectivity index (χ3n) is 4.38. The molecule has 1 fully saturated rings. The Morgan fingerprint density at radius 3 is 2.59 bits per heavy atom. The molecule has 3 aromatic rings. The molecule has 0 unspecified atom stereocenters. The highest BCUT2D eigenvalue weighted by Crippen LogP contribution is 2.30. The van der Waals surface area contributed by atoms with Crippen molar-refractivity contribution < 1.29 is 22.8 Å². The van der Waals surface area contributed by atoms with E-state index in [1.165, 1.54) is 30.5 Å². The van der Waals surface area contributed by atoms with Gasteiger partial charge in [-0.3, -0.25) is 4.79 Å². The summed E-state index contributed by atoms with van der Waals surface area (Å²) in [5, 5.41) is 11.5. The molecule has 0 saturated carbocycles. The van der Waals surface area contributed by atoms with Gasteiger partial charge in [-0.2, -0.15) is 5.26 Å². The average molecular weight is 417 g/mol. The van der Waals surface area contributed by atoms with Crippen molar-refractivity contribution in [2.45, 2.75) is 0 Å². The quantitative estimate of drug-likeness (QED) is 0.484. The van der Waals surface area contributed by atoms with E-state index in [1.807, 2.05) is 0 Å². The lowest BCUT2D eigenvalue weighted by Gasteiger charge is -2.13. The average Bonchev–Trinajstić information content (AvgIpc) is 3.21. The van der Waals surface area contributed by atoms with E-state index in [0.717, 1.165) is 12.1 Å². The molecule has 0 atom stereocenters. The molecule has 1 aromatic heterocycles. The minimum absolute atomic E-state index is 0.0879. The summed E-state index contributed by atoms with van der Waals surface area (Å²) in [7, 11) is 0. The maximum Gasteiger partial charge on any atom is 0.333 e. The molecule has 29 heavy (non-hydrogen) atoms. The highest BCUT2D eigenvalue weighted by atomic mass is 35.5. The van der Waals surface area contributed by atoms with E-state index in [4.69, 9.17) is 16.9 Å². The first-order chi connectivity index (χ1) is 13.8. The van der Waals surface area contributed by atoms with Crippen LogP contribution in [0.15, 0.2) is 36.2 Å². The number of amides is 3. The number of imide groups is 1. The Morgan fingerprint density at radius 2 is 1.86 bits per heavy atom. The van der Waals surface area contributed by atoms with Crippen LogP contribution in [0.4, 0.5) is 23.7 Å². The van der Waals surface area contributed by atoms with Gasteiger partial charge < -0.3 is 10.3 Å². The molecular weight excluding hydrogens is 409 g/mol. The number of nitriles is 1. The van der Waals surface area contributed by atoms with Gasteiger partial charge in [0.25, 0.3) is 5.91 Å². The predicted molar refractivity (Wildman–Crippen MR) is 98.3 cm³/mol. The minimum Gasteiger partial charge on any atom is -0.358 e. The molecule has 4 rings (SSSR count). The van der Waals surface area contributed by atoms with Gasteiger partial charge in [-0.05, 0) is 24.3 Å². The number of anilines is 1. The number of halogens is 4. The van der Waals surface area contributed by atoms with Crippen molar-refractivity contribution in [1.82, 2.24) is 10.3 Å². The lowest BCUT2D eigenvalue weighted by atomic mass is 10.1. The molecule has 0 spiro atoms. The summed E-state index contributed by atoms with van der Waals surface area (Å²) in [5.74, 6) is -4.04. The number of rotatable bonds is 2. The van der Waals surface area contributed by atoms with Crippen molar-refractivity contribution in [1.29, 1.82) is 5.26 Å². The number of urea groups is 1. The first-order valence-electron chi connectivity index (χ1n) is 8.03. The Balaban J connectivity index is 1.77. The number of carbonyl (C=O) groups excluding carboxylic acids is 2.